The van der Waals surface area contributed by atoms with Gasteiger partial charge in [-0.2, -0.15) is 0 Å². The van der Waals surface area contributed by atoms with Crippen molar-refractivity contribution in [3.63, 3.8) is 0 Å². The quantitative estimate of drug-likeness (QED) is 0.276. The van der Waals surface area contributed by atoms with Crippen LogP contribution in [0.5, 0.6) is 0 Å². The Bertz CT molecular complexity index is 1330. The highest BCUT2D eigenvalue weighted by atomic mass is 35.5. The molecule has 1 fully saturated rings. The lowest BCUT2D eigenvalue weighted by molar-refractivity contribution is 0.169. The number of aromatic nitrogens is 1. The number of anilines is 1. The molecule has 1 aromatic heterocycles. The van der Waals surface area contributed by atoms with Gasteiger partial charge in [0.15, 0.2) is 0 Å². The summed E-state index contributed by atoms with van der Waals surface area (Å²) in [4.78, 5) is 10.3. The minimum atomic E-state index is -0.360. The number of fused-ring (bicyclic) bond motifs is 1. The van der Waals surface area contributed by atoms with Gasteiger partial charge in [-0.05, 0) is 59.5 Å². The van der Waals surface area contributed by atoms with Crippen molar-refractivity contribution < 1.29 is 4.39 Å². The summed E-state index contributed by atoms with van der Waals surface area (Å²) in [7, 11) is 0. The lowest BCUT2D eigenvalue weighted by Crippen LogP contribution is -2.44. The first-order valence-electron chi connectivity index (χ1n) is 11.5. The van der Waals surface area contributed by atoms with E-state index in [9.17, 15) is 4.39 Å². The molecular weight excluding hydrogens is 479 g/mol. The zero-order valence-corrected chi connectivity index (χ0v) is 20.8. The highest BCUT2D eigenvalue weighted by molar-refractivity contribution is 8.00. The number of pyridine rings is 1. The van der Waals surface area contributed by atoms with E-state index in [0.717, 1.165) is 71.0 Å². The second-order valence-corrected chi connectivity index (χ2v) is 9.83. The summed E-state index contributed by atoms with van der Waals surface area (Å²) >= 11 is 7.37. The molecule has 1 saturated heterocycles. The number of para-hydroxylation sites is 1. The maximum Gasteiger partial charge on any atom is 0.142 e. The Labute approximate surface area is 214 Å². The molecule has 1 N–H and O–H groups in total. The van der Waals surface area contributed by atoms with Crippen LogP contribution in [0.25, 0.3) is 16.6 Å². The normalized spacial score (nSPS) is 14.3. The topological polar surface area (TPSA) is 31.4 Å². The summed E-state index contributed by atoms with van der Waals surface area (Å²) in [6, 6.07) is 23.6. The van der Waals surface area contributed by atoms with E-state index in [1.165, 1.54) is 6.07 Å². The third kappa shape index (κ3) is 5.61. The van der Waals surface area contributed by atoms with Gasteiger partial charge in [-0.15, -0.1) is 0 Å². The number of halogens is 2. The molecule has 0 amide bonds. The molecule has 0 spiro atoms. The van der Waals surface area contributed by atoms with Crippen LogP contribution < -0.4 is 4.72 Å². The highest BCUT2D eigenvalue weighted by Crippen LogP contribution is 2.28. The van der Waals surface area contributed by atoms with Crippen molar-refractivity contribution in [1.29, 1.82) is 0 Å². The predicted octanol–water partition coefficient (Wildman–Crippen LogP) is 6.94. The van der Waals surface area contributed by atoms with Crippen LogP contribution in [-0.4, -0.2) is 41.0 Å². The Kier molecular flexibility index (Phi) is 7.23. The average molecular weight is 505 g/mol. The molecule has 0 saturated carbocycles. The van der Waals surface area contributed by atoms with Crippen LogP contribution in [0, 0.1) is 5.82 Å². The second kappa shape index (κ2) is 10.7. The molecule has 5 rings (SSSR count). The Balaban J connectivity index is 1.14. The van der Waals surface area contributed by atoms with Crippen LogP contribution in [0.3, 0.4) is 0 Å². The SMILES string of the molecule is C=C(c1ccc(NSc2cccc3cccnc23)cc1)N1CCN(Cc2ccc(Cl)c(F)c2)CC1. The van der Waals surface area contributed by atoms with E-state index in [1.54, 1.807) is 18.0 Å². The van der Waals surface area contributed by atoms with Gasteiger partial charge in [0.1, 0.15) is 5.82 Å². The van der Waals surface area contributed by atoms with Crippen LogP contribution in [-0.2, 0) is 6.54 Å². The van der Waals surface area contributed by atoms with Crippen molar-refractivity contribution in [1.82, 2.24) is 14.8 Å². The first kappa shape index (κ1) is 23.7. The number of hydrogen-bond donors (Lipinski definition) is 1. The molecular formula is C28H26ClFN4S. The summed E-state index contributed by atoms with van der Waals surface area (Å²) in [5, 5.41) is 1.30. The molecule has 0 aliphatic carbocycles. The van der Waals surface area contributed by atoms with E-state index in [-0.39, 0.29) is 10.8 Å². The van der Waals surface area contributed by atoms with Crippen molar-refractivity contribution in [2.45, 2.75) is 11.4 Å². The van der Waals surface area contributed by atoms with Gasteiger partial charge in [0.2, 0.25) is 0 Å². The molecule has 2 heterocycles. The summed E-state index contributed by atoms with van der Waals surface area (Å²) in [6.07, 6.45) is 1.82. The van der Waals surface area contributed by atoms with Gasteiger partial charge in [-0.1, -0.05) is 54.6 Å². The molecule has 35 heavy (non-hydrogen) atoms. The minimum absolute atomic E-state index is 0.167. The number of piperazine rings is 1. The molecule has 1 aliphatic heterocycles. The summed E-state index contributed by atoms with van der Waals surface area (Å²) < 4.78 is 17.2. The van der Waals surface area contributed by atoms with Crippen molar-refractivity contribution >= 4 is 45.8 Å². The largest absolute Gasteiger partial charge is 0.369 e. The van der Waals surface area contributed by atoms with E-state index in [2.05, 4.69) is 74.6 Å². The fraction of sp³-hybridized carbons (Fsp3) is 0.179. The van der Waals surface area contributed by atoms with Gasteiger partial charge in [-0.3, -0.25) is 9.88 Å². The van der Waals surface area contributed by atoms with Crippen LogP contribution in [0.2, 0.25) is 5.02 Å². The molecule has 3 aromatic carbocycles. The first-order valence-corrected chi connectivity index (χ1v) is 12.7. The Morgan fingerprint density at radius 2 is 1.77 bits per heavy atom. The number of hydrogen-bond acceptors (Lipinski definition) is 5. The second-order valence-electron chi connectivity index (χ2n) is 8.57. The lowest BCUT2D eigenvalue weighted by Gasteiger charge is -2.37. The van der Waals surface area contributed by atoms with Crippen molar-refractivity contribution in [2.24, 2.45) is 0 Å². The fourth-order valence-corrected chi connectivity index (χ4v) is 5.15. The van der Waals surface area contributed by atoms with E-state index in [0.29, 0.717) is 0 Å². The molecule has 0 radical (unpaired) electrons. The van der Waals surface area contributed by atoms with Gasteiger partial charge in [-0.25, -0.2) is 4.39 Å². The summed E-state index contributed by atoms with van der Waals surface area (Å²) in [6.45, 7) is 8.64. The average Bonchev–Trinajstić information content (AvgIpc) is 2.90. The van der Waals surface area contributed by atoms with Crippen molar-refractivity contribution in [3.8, 4) is 0 Å². The van der Waals surface area contributed by atoms with Crippen molar-refractivity contribution in [2.75, 3.05) is 30.9 Å². The maximum absolute atomic E-state index is 13.7. The van der Waals surface area contributed by atoms with Crippen LogP contribution in [0.15, 0.2) is 90.5 Å². The van der Waals surface area contributed by atoms with E-state index >= 15 is 0 Å². The summed E-state index contributed by atoms with van der Waals surface area (Å²) in [5.74, 6) is -0.360. The zero-order valence-electron chi connectivity index (χ0n) is 19.3. The molecule has 0 atom stereocenters. The standard InChI is InChI=1S/C28H26ClFN4S/c1-20(34-16-14-33(15-17-34)19-21-7-12-25(29)26(30)18-21)22-8-10-24(11-9-22)32-35-27-6-2-4-23-5-3-13-31-28(23)27/h2-13,18,32H,1,14-17,19H2. The predicted molar refractivity (Wildman–Crippen MR) is 145 cm³/mol. The summed E-state index contributed by atoms with van der Waals surface area (Å²) in [5.41, 5.74) is 5.11. The van der Waals surface area contributed by atoms with E-state index in [1.807, 2.05) is 18.3 Å². The maximum atomic E-state index is 13.7. The number of nitrogens with one attached hydrogen (secondary N) is 1. The van der Waals surface area contributed by atoms with Crippen LogP contribution >= 0.6 is 23.5 Å². The number of rotatable bonds is 7. The molecule has 1 aliphatic rings. The van der Waals surface area contributed by atoms with E-state index in [4.69, 9.17) is 11.6 Å². The van der Waals surface area contributed by atoms with Gasteiger partial charge < -0.3 is 9.62 Å². The van der Waals surface area contributed by atoms with Gasteiger partial charge in [0, 0.05) is 55.7 Å². The van der Waals surface area contributed by atoms with Crippen molar-refractivity contribution in [3.05, 3.63) is 108 Å². The molecule has 178 valence electrons. The molecule has 4 aromatic rings. The zero-order chi connectivity index (χ0) is 24.2. The fourth-order valence-electron chi connectivity index (χ4n) is 4.26. The molecule has 7 heteroatoms. The van der Waals surface area contributed by atoms with Crippen LogP contribution in [0.1, 0.15) is 11.1 Å². The molecule has 4 nitrogen and oxygen atoms in total. The highest BCUT2D eigenvalue weighted by Gasteiger charge is 2.19. The number of benzene rings is 3. The first-order chi connectivity index (χ1) is 17.1. The smallest absolute Gasteiger partial charge is 0.142 e. The third-order valence-corrected chi connectivity index (χ3v) is 7.43. The van der Waals surface area contributed by atoms with Crippen LogP contribution in [0.4, 0.5) is 10.1 Å². The Morgan fingerprint density at radius 3 is 2.54 bits per heavy atom. The number of nitrogens with zero attached hydrogens (tertiary/aromatic N) is 3. The third-order valence-electron chi connectivity index (χ3n) is 6.24. The monoisotopic (exact) mass is 504 g/mol. The van der Waals surface area contributed by atoms with E-state index < -0.39 is 0 Å². The molecule has 0 bridgehead atoms. The van der Waals surface area contributed by atoms with Gasteiger partial charge >= 0.3 is 0 Å². The Hall–Kier alpha value is -3.06. The lowest BCUT2D eigenvalue weighted by atomic mass is 10.1. The van der Waals surface area contributed by atoms with Gasteiger partial charge in [0.25, 0.3) is 0 Å². The molecule has 0 unspecified atom stereocenters. The minimum Gasteiger partial charge on any atom is -0.369 e. The van der Waals surface area contributed by atoms with Gasteiger partial charge in [0.05, 0.1) is 15.4 Å². The Morgan fingerprint density at radius 1 is 1.00 bits per heavy atom.